The Morgan fingerprint density at radius 2 is 1.69 bits per heavy atom. The molecule has 0 saturated heterocycles. The molecule has 0 atom stereocenters. The highest BCUT2D eigenvalue weighted by molar-refractivity contribution is 8.04. The lowest BCUT2D eigenvalue weighted by Gasteiger charge is -2.30. The Balaban J connectivity index is 1.68. The quantitative estimate of drug-likeness (QED) is 0.301. The second kappa shape index (κ2) is 13.0. The lowest BCUT2D eigenvalue weighted by atomic mass is 10.1. The van der Waals surface area contributed by atoms with Gasteiger partial charge in [-0.2, -0.15) is 13.2 Å². The molecule has 5 nitrogen and oxygen atoms in total. The van der Waals surface area contributed by atoms with Crippen molar-refractivity contribution in [1.29, 1.82) is 0 Å². The van der Waals surface area contributed by atoms with Gasteiger partial charge in [0.25, 0.3) is 5.91 Å². The van der Waals surface area contributed by atoms with E-state index in [1.54, 1.807) is 18.2 Å². The number of fused-ring (bicyclic) bond motifs is 1. The number of anilines is 1. The summed E-state index contributed by atoms with van der Waals surface area (Å²) in [5.74, 6) is -0.609. The molecule has 36 heavy (non-hydrogen) atoms. The first-order valence-electron chi connectivity index (χ1n) is 12.2. The Bertz CT molecular complexity index is 1060. The van der Waals surface area contributed by atoms with E-state index in [4.69, 9.17) is 0 Å². The van der Waals surface area contributed by atoms with E-state index in [1.807, 2.05) is 12.1 Å². The van der Waals surface area contributed by atoms with Crippen LogP contribution in [0.25, 0.3) is 6.08 Å². The summed E-state index contributed by atoms with van der Waals surface area (Å²) in [6.45, 7) is 7.67. The van der Waals surface area contributed by atoms with Crippen LogP contribution >= 0.6 is 11.8 Å². The average molecular weight is 520 g/mol. The first-order valence-corrected chi connectivity index (χ1v) is 13.0. The number of carbonyl (C=O) groups excluding carboxylic acids is 2. The molecule has 0 unspecified atom stereocenters. The van der Waals surface area contributed by atoms with Gasteiger partial charge in [-0.1, -0.05) is 49.9 Å². The Morgan fingerprint density at radius 1 is 1.03 bits per heavy atom. The van der Waals surface area contributed by atoms with Gasteiger partial charge in [0.1, 0.15) is 6.54 Å². The van der Waals surface area contributed by atoms with E-state index in [1.165, 1.54) is 28.8 Å². The molecule has 3 rings (SSSR count). The van der Waals surface area contributed by atoms with Crippen LogP contribution in [0.2, 0.25) is 0 Å². The van der Waals surface area contributed by atoms with Gasteiger partial charge < -0.3 is 10.2 Å². The van der Waals surface area contributed by atoms with Crippen molar-refractivity contribution in [2.75, 3.05) is 37.6 Å². The minimum absolute atomic E-state index is 0.131. The monoisotopic (exact) mass is 519 g/mol. The van der Waals surface area contributed by atoms with Crippen molar-refractivity contribution < 1.29 is 22.8 Å². The maximum absolute atomic E-state index is 13.3. The van der Waals surface area contributed by atoms with E-state index in [9.17, 15) is 22.8 Å². The number of halogens is 3. The smallest absolute Gasteiger partial charge is 0.355 e. The zero-order valence-corrected chi connectivity index (χ0v) is 21.4. The summed E-state index contributed by atoms with van der Waals surface area (Å²) in [6.07, 6.45) is 0.135. The highest BCUT2D eigenvalue weighted by atomic mass is 32.2. The molecule has 2 aromatic carbocycles. The van der Waals surface area contributed by atoms with E-state index < -0.39 is 11.7 Å². The Hall–Kier alpha value is -2.78. The lowest BCUT2D eigenvalue weighted by Crippen LogP contribution is -2.43. The minimum atomic E-state index is -4.42. The number of nitrogens with zero attached hydrogens (tertiary/aromatic N) is 2. The number of rotatable bonds is 11. The Kier molecular flexibility index (Phi) is 10.0. The summed E-state index contributed by atoms with van der Waals surface area (Å²) in [5.41, 5.74) is 0.374. The predicted molar refractivity (Wildman–Crippen MR) is 139 cm³/mol. The zero-order valence-electron chi connectivity index (χ0n) is 20.6. The molecule has 2 aromatic rings. The molecule has 1 N–H and O–H groups in total. The van der Waals surface area contributed by atoms with Crippen LogP contribution in [-0.4, -0.2) is 49.4 Å². The first kappa shape index (κ1) is 27.8. The minimum Gasteiger partial charge on any atom is -0.355 e. The maximum Gasteiger partial charge on any atom is 0.416 e. The Labute approximate surface area is 214 Å². The summed E-state index contributed by atoms with van der Waals surface area (Å²) >= 11 is 1.24. The van der Waals surface area contributed by atoms with E-state index in [0.29, 0.717) is 22.7 Å². The molecule has 1 aliphatic rings. The third kappa shape index (κ3) is 7.61. The molecule has 0 aromatic heterocycles. The van der Waals surface area contributed by atoms with Gasteiger partial charge in [0.2, 0.25) is 5.91 Å². The predicted octanol–water partition coefficient (Wildman–Crippen LogP) is 5.81. The van der Waals surface area contributed by atoms with Crippen molar-refractivity contribution in [3.05, 3.63) is 64.6 Å². The van der Waals surface area contributed by atoms with Gasteiger partial charge in [-0.05, 0) is 74.8 Å². The van der Waals surface area contributed by atoms with Gasteiger partial charge in [0, 0.05) is 11.4 Å². The van der Waals surface area contributed by atoms with E-state index in [-0.39, 0.29) is 18.4 Å². The van der Waals surface area contributed by atoms with E-state index in [0.717, 1.165) is 55.9 Å². The first-order chi connectivity index (χ1) is 17.2. The molecule has 0 fully saturated rings. The molecule has 0 spiro atoms. The van der Waals surface area contributed by atoms with Crippen LogP contribution in [0.1, 0.15) is 44.2 Å². The number of amides is 2. The Morgan fingerprint density at radius 3 is 2.33 bits per heavy atom. The number of hydrogen-bond donors (Lipinski definition) is 1. The van der Waals surface area contributed by atoms with Crippen molar-refractivity contribution in [1.82, 2.24) is 10.2 Å². The molecular formula is C27H32F3N3O2S. The van der Waals surface area contributed by atoms with Crippen molar-refractivity contribution in [3.63, 3.8) is 0 Å². The third-order valence-corrected chi connectivity index (χ3v) is 6.80. The number of alkyl halides is 3. The molecule has 9 heteroatoms. The number of thioether (sulfide) groups is 1. The number of carbonyl (C=O) groups is 2. The number of benzene rings is 2. The van der Waals surface area contributed by atoms with Gasteiger partial charge >= 0.3 is 6.18 Å². The number of para-hydroxylation sites is 1. The summed E-state index contributed by atoms with van der Waals surface area (Å²) in [4.78, 5) is 31.0. The number of hydrogen-bond acceptors (Lipinski definition) is 4. The molecule has 194 valence electrons. The van der Waals surface area contributed by atoms with Gasteiger partial charge in [-0.25, -0.2) is 0 Å². The molecule has 0 bridgehead atoms. The molecule has 1 heterocycles. The molecule has 2 amide bonds. The molecule has 0 saturated carbocycles. The van der Waals surface area contributed by atoms with E-state index >= 15 is 0 Å². The van der Waals surface area contributed by atoms with Gasteiger partial charge in [-0.15, -0.1) is 0 Å². The highest BCUT2D eigenvalue weighted by Gasteiger charge is 2.31. The fourth-order valence-electron chi connectivity index (χ4n) is 4.04. The summed E-state index contributed by atoms with van der Waals surface area (Å²) in [5, 5.41) is 2.91. The van der Waals surface area contributed by atoms with Crippen LogP contribution < -0.4 is 10.2 Å². The zero-order chi connectivity index (χ0) is 26.1. The molecule has 1 aliphatic heterocycles. The normalized spacial score (nSPS) is 14.9. The van der Waals surface area contributed by atoms with Crippen LogP contribution in [0.4, 0.5) is 18.9 Å². The van der Waals surface area contributed by atoms with Gasteiger partial charge in [0.15, 0.2) is 0 Å². The van der Waals surface area contributed by atoms with Crippen molar-refractivity contribution in [2.45, 2.75) is 44.2 Å². The topological polar surface area (TPSA) is 52.7 Å². The van der Waals surface area contributed by atoms with Crippen molar-refractivity contribution in [3.8, 4) is 0 Å². The standard InChI is InChI=1S/C27H32F3N3O2S/c1-3-15-32(16-4-2)17-7-14-31-25(34)19-33-22-8-5-6-9-23(22)36-24(26(33)35)18-20-10-12-21(13-11-20)27(28,29)30/h5-6,8-13,18H,3-4,7,14-17,19H2,1-2H3,(H,31,34)/b24-18-. The third-order valence-electron chi connectivity index (χ3n) is 5.72. The van der Waals surface area contributed by atoms with E-state index in [2.05, 4.69) is 24.1 Å². The van der Waals surface area contributed by atoms with Crippen LogP contribution in [0.15, 0.2) is 58.3 Å². The lowest BCUT2D eigenvalue weighted by molar-refractivity contribution is -0.137. The van der Waals surface area contributed by atoms with Gasteiger partial charge in [-0.3, -0.25) is 14.5 Å². The van der Waals surface area contributed by atoms with Crippen molar-refractivity contribution in [2.24, 2.45) is 0 Å². The second-order valence-corrected chi connectivity index (χ2v) is 9.72. The summed E-state index contributed by atoms with van der Waals surface area (Å²) in [7, 11) is 0. The summed E-state index contributed by atoms with van der Waals surface area (Å²) in [6, 6.07) is 11.9. The second-order valence-electron chi connectivity index (χ2n) is 8.63. The van der Waals surface area contributed by atoms with Crippen LogP contribution in [0.5, 0.6) is 0 Å². The number of nitrogens with one attached hydrogen (secondary N) is 1. The fourth-order valence-corrected chi connectivity index (χ4v) is 5.10. The SMILES string of the molecule is CCCN(CCC)CCCNC(=O)CN1C(=O)/C(=C/c2ccc(C(F)(F)F)cc2)Sc2ccccc21. The molecule has 0 radical (unpaired) electrons. The van der Waals surface area contributed by atoms with Crippen LogP contribution in [0, 0.1) is 0 Å². The fraction of sp³-hybridized carbons (Fsp3) is 0.407. The largest absolute Gasteiger partial charge is 0.416 e. The molecule has 0 aliphatic carbocycles. The maximum atomic E-state index is 13.3. The van der Waals surface area contributed by atoms with Gasteiger partial charge in [0.05, 0.1) is 16.2 Å². The summed E-state index contributed by atoms with van der Waals surface area (Å²) < 4.78 is 38.6. The van der Waals surface area contributed by atoms with Crippen LogP contribution in [0.3, 0.4) is 0 Å². The van der Waals surface area contributed by atoms with Crippen molar-refractivity contribution >= 4 is 35.3 Å². The highest BCUT2D eigenvalue weighted by Crippen LogP contribution is 2.42. The molecular weight excluding hydrogens is 487 g/mol. The van der Waals surface area contributed by atoms with Crippen LogP contribution in [-0.2, 0) is 15.8 Å². The average Bonchev–Trinajstić information content (AvgIpc) is 2.84.